The Kier molecular flexibility index (Phi) is 2.83. The summed E-state index contributed by atoms with van der Waals surface area (Å²) in [7, 11) is 1.81. The lowest BCUT2D eigenvalue weighted by molar-refractivity contribution is -0.137. The number of nitrogens with zero attached hydrogens (tertiary/aromatic N) is 2. The van der Waals surface area contributed by atoms with Crippen LogP contribution in [0.25, 0.3) is 11.0 Å². The van der Waals surface area contributed by atoms with Crippen LogP contribution < -0.4 is 5.73 Å². The van der Waals surface area contributed by atoms with Crippen molar-refractivity contribution in [2.24, 2.45) is 12.8 Å². The molecule has 20 heavy (non-hydrogen) atoms. The van der Waals surface area contributed by atoms with E-state index in [1.54, 1.807) is 0 Å². The third kappa shape index (κ3) is 1.98. The number of nitrogens with two attached hydrogens (primary N) is 1. The molecule has 0 spiro atoms. The second-order valence-electron chi connectivity index (χ2n) is 5.56. The molecule has 6 heteroatoms. The maximum atomic E-state index is 12.7. The van der Waals surface area contributed by atoms with E-state index in [9.17, 15) is 13.2 Å². The van der Waals surface area contributed by atoms with Crippen LogP contribution in [0.15, 0.2) is 18.2 Å². The van der Waals surface area contributed by atoms with Gasteiger partial charge < -0.3 is 10.3 Å². The molecule has 0 atom stereocenters. The van der Waals surface area contributed by atoms with Crippen LogP contribution in [0.3, 0.4) is 0 Å². The minimum absolute atomic E-state index is 0.356. The first-order chi connectivity index (χ1) is 9.31. The maximum absolute atomic E-state index is 12.7. The van der Waals surface area contributed by atoms with E-state index in [1.165, 1.54) is 6.07 Å². The van der Waals surface area contributed by atoms with Gasteiger partial charge in [0.05, 0.1) is 22.1 Å². The van der Waals surface area contributed by atoms with E-state index in [-0.39, 0.29) is 0 Å². The molecule has 0 unspecified atom stereocenters. The van der Waals surface area contributed by atoms with Gasteiger partial charge in [0.2, 0.25) is 0 Å². The van der Waals surface area contributed by atoms with Gasteiger partial charge in [0.1, 0.15) is 5.82 Å². The topological polar surface area (TPSA) is 43.8 Å². The minimum atomic E-state index is -4.35. The molecular formula is C14H16F3N3. The number of aromatic nitrogens is 2. The van der Waals surface area contributed by atoms with Crippen molar-refractivity contribution in [3.8, 4) is 0 Å². The van der Waals surface area contributed by atoms with Crippen LogP contribution in [0, 0.1) is 0 Å². The van der Waals surface area contributed by atoms with Crippen molar-refractivity contribution in [2.45, 2.75) is 37.4 Å². The molecule has 1 aliphatic rings. The second kappa shape index (κ2) is 4.22. The highest BCUT2D eigenvalue weighted by Crippen LogP contribution is 2.37. The van der Waals surface area contributed by atoms with Crippen LogP contribution in [-0.4, -0.2) is 9.55 Å². The summed E-state index contributed by atoms with van der Waals surface area (Å²) in [6.07, 6.45) is -0.618. The number of alkyl halides is 3. The van der Waals surface area contributed by atoms with Gasteiger partial charge in [0.25, 0.3) is 0 Å². The molecule has 2 N–H and O–H groups in total. The molecule has 0 aliphatic heterocycles. The highest BCUT2D eigenvalue weighted by molar-refractivity contribution is 5.77. The summed E-state index contributed by atoms with van der Waals surface area (Å²) < 4.78 is 40.0. The normalized spacial score (nSPS) is 18.9. The van der Waals surface area contributed by atoms with Gasteiger partial charge in [0.15, 0.2) is 0 Å². The Morgan fingerprint density at radius 1 is 1.25 bits per heavy atom. The molecule has 0 bridgehead atoms. The lowest BCUT2D eigenvalue weighted by Crippen LogP contribution is -2.36. The number of benzene rings is 1. The molecule has 1 aromatic heterocycles. The van der Waals surface area contributed by atoms with Gasteiger partial charge in [-0.3, -0.25) is 0 Å². The van der Waals surface area contributed by atoms with Gasteiger partial charge in [-0.15, -0.1) is 0 Å². The summed E-state index contributed by atoms with van der Waals surface area (Å²) in [6, 6.07) is 3.65. The molecule has 1 aliphatic carbocycles. The highest BCUT2D eigenvalue weighted by Gasteiger charge is 2.36. The van der Waals surface area contributed by atoms with Crippen molar-refractivity contribution in [1.29, 1.82) is 0 Å². The lowest BCUT2D eigenvalue weighted by atomic mass is 9.98. The van der Waals surface area contributed by atoms with Crippen LogP contribution in [-0.2, 0) is 18.8 Å². The van der Waals surface area contributed by atoms with Gasteiger partial charge in [0, 0.05) is 7.05 Å². The average Bonchev–Trinajstić information content (AvgIpc) is 2.94. The Balaban J connectivity index is 2.15. The molecule has 108 valence electrons. The fraction of sp³-hybridized carbons (Fsp3) is 0.500. The fourth-order valence-corrected chi connectivity index (χ4v) is 3.05. The van der Waals surface area contributed by atoms with Crippen LogP contribution >= 0.6 is 0 Å². The van der Waals surface area contributed by atoms with Crippen molar-refractivity contribution < 1.29 is 13.2 Å². The number of hydrogen-bond donors (Lipinski definition) is 1. The summed E-state index contributed by atoms with van der Waals surface area (Å²) in [4.78, 5) is 4.38. The number of aryl methyl sites for hydroxylation is 1. The summed E-state index contributed by atoms with van der Waals surface area (Å²) in [5.41, 5.74) is 6.22. The smallest absolute Gasteiger partial charge is 0.330 e. The third-order valence-corrected chi connectivity index (χ3v) is 4.15. The first-order valence-electron chi connectivity index (χ1n) is 6.64. The van der Waals surface area contributed by atoms with Crippen molar-refractivity contribution in [3.63, 3.8) is 0 Å². The standard InChI is InChI=1S/C14H16F3N3/c1-20-11-5-4-9(14(15,16)17)8-10(11)19-12(20)13(18)6-2-3-7-13/h4-5,8H,2-3,6-7,18H2,1H3. The molecule has 3 nitrogen and oxygen atoms in total. The van der Waals surface area contributed by atoms with E-state index < -0.39 is 17.3 Å². The van der Waals surface area contributed by atoms with E-state index in [4.69, 9.17) is 5.73 Å². The quantitative estimate of drug-likeness (QED) is 0.872. The monoisotopic (exact) mass is 283 g/mol. The summed E-state index contributed by atoms with van der Waals surface area (Å²) >= 11 is 0. The van der Waals surface area contributed by atoms with Crippen molar-refractivity contribution >= 4 is 11.0 Å². The third-order valence-electron chi connectivity index (χ3n) is 4.15. The second-order valence-corrected chi connectivity index (χ2v) is 5.56. The Morgan fingerprint density at radius 3 is 2.50 bits per heavy atom. The number of imidazole rings is 1. The molecule has 0 saturated heterocycles. The maximum Gasteiger partial charge on any atom is 0.416 e. The molecule has 1 saturated carbocycles. The summed E-state index contributed by atoms with van der Waals surface area (Å²) in [5.74, 6) is 0.685. The van der Waals surface area contributed by atoms with Gasteiger partial charge in [-0.1, -0.05) is 12.8 Å². The van der Waals surface area contributed by atoms with Gasteiger partial charge in [-0.05, 0) is 31.0 Å². The van der Waals surface area contributed by atoms with Gasteiger partial charge >= 0.3 is 6.18 Å². The van der Waals surface area contributed by atoms with Crippen LogP contribution in [0.2, 0.25) is 0 Å². The SMILES string of the molecule is Cn1c(C2(N)CCCC2)nc2cc(C(F)(F)F)ccc21. The molecule has 1 fully saturated rings. The van der Waals surface area contributed by atoms with Crippen LogP contribution in [0.1, 0.15) is 37.1 Å². The predicted molar refractivity (Wildman–Crippen MR) is 70.0 cm³/mol. The largest absolute Gasteiger partial charge is 0.416 e. The molecular weight excluding hydrogens is 267 g/mol. The van der Waals surface area contributed by atoms with E-state index in [1.807, 2.05) is 11.6 Å². The van der Waals surface area contributed by atoms with Gasteiger partial charge in [-0.25, -0.2) is 4.98 Å². The Hall–Kier alpha value is -1.56. The number of rotatable bonds is 1. The zero-order valence-corrected chi connectivity index (χ0v) is 11.2. The number of hydrogen-bond acceptors (Lipinski definition) is 2. The highest BCUT2D eigenvalue weighted by atomic mass is 19.4. The molecule has 3 rings (SSSR count). The molecule has 2 aromatic rings. The zero-order chi connectivity index (χ0) is 14.5. The van der Waals surface area contributed by atoms with Crippen molar-refractivity contribution in [2.75, 3.05) is 0 Å². The Labute approximate surface area is 114 Å². The molecule has 1 aromatic carbocycles. The van der Waals surface area contributed by atoms with E-state index in [0.717, 1.165) is 37.8 Å². The zero-order valence-electron chi connectivity index (χ0n) is 11.2. The summed E-state index contributed by atoms with van der Waals surface area (Å²) in [5, 5.41) is 0. The first-order valence-corrected chi connectivity index (χ1v) is 6.64. The molecule has 0 radical (unpaired) electrons. The predicted octanol–water partition coefficient (Wildman–Crippen LogP) is 3.32. The van der Waals surface area contributed by atoms with E-state index in [0.29, 0.717) is 16.9 Å². The Bertz CT molecular complexity index is 651. The van der Waals surface area contributed by atoms with Crippen molar-refractivity contribution in [1.82, 2.24) is 9.55 Å². The van der Waals surface area contributed by atoms with Crippen LogP contribution in [0.5, 0.6) is 0 Å². The van der Waals surface area contributed by atoms with Crippen LogP contribution in [0.4, 0.5) is 13.2 Å². The number of fused-ring (bicyclic) bond motifs is 1. The fourth-order valence-electron chi connectivity index (χ4n) is 3.05. The lowest BCUT2D eigenvalue weighted by Gasteiger charge is -2.22. The van der Waals surface area contributed by atoms with Gasteiger partial charge in [-0.2, -0.15) is 13.2 Å². The number of halogens is 3. The van der Waals surface area contributed by atoms with Crippen molar-refractivity contribution in [3.05, 3.63) is 29.6 Å². The average molecular weight is 283 g/mol. The summed E-state index contributed by atoms with van der Waals surface area (Å²) in [6.45, 7) is 0. The molecule has 1 heterocycles. The first kappa shape index (κ1) is 13.4. The van der Waals surface area contributed by atoms with E-state index in [2.05, 4.69) is 4.98 Å². The van der Waals surface area contributed by atoms with E-state index >= 15 is 0 Å². The minimum Gasteiger partial charge on any atom is -0.330 e. The Morgan fingerprint density at radius 2 is 1.90 bits per heavy atom. The molecule has 0 amide bonds.